The highest BCUT2D eigenvalue weighted by molar-refractivity contribution is 7.80. The Morgan fingerprint density at radius 2 is 1.95 bits per heavy atom. The van der Waals surface area contributed by atoms with Crippen molar-refractivity contribution in [2.75, 3.05) is 0 Å². The van der Waals surface area contributed by atoms with E-state index in [9.17, 15) is 14.9 Å². The van der Waals surface area contributed by atoms with Crippen LogP contribution in [0.25, 0.3) is 11.1 Å². The summed E-state index contributed by atoms with van der Waals surface area (Å²) in [5, 5.41) is 10.6. The Morgan fingerprint density at radius 1 is 1.23 bits per heavy atom. The number of rotatable bonds is 2. The van der Waals surface area contributed by atoms with Crippen LogP contribution in [0.5, 0.6) is 5.75 Å². The van der Waals surface area contributed by atoms with Gasteiger partial charge in [-0.15, -0.1) is 0 Å². The van der Waals surface area contributed by atoms with E-state index in [2.05, 4.69) is 0 Å². The molecule has 0 amide bonds. The van der Waals surface area contributed by atoms with E-state index in [1.165, 1.54) is 18.2 Å². The van der Waals surface area contributed by atoms with Gasteiger partial charge < -0.3 is 9.15 Å². The fourth-order valence-electron chi connectivity index (χ4n) is 1.93. The van der Waals surface area contributed by atoms with E-state index >= 15 is 0 Å². The highest BCUT2D eigenvalue weighted by Crippen LogP contribution is 2.20. The molecule has 110 valence electrons. The maximum Gasteiger partial charge on any atom is 0.427 e. The minimum Gasteiger partial charge on any atom is -0.431 e. The second-order valence-corrected chi connectivity index (χ2v) is 4.64. The number of hydrogen-bond donors (Lipinski definition) is 0. The Labute approximate surface area is 128 Å². The third-order valence-electron chi connectivity index (χ3n) is 2.91. The monoisotopic (exact) mass is 316 g/mol. The van der Waals surface area contributed by atoms with Crippen LogP contribution in [0.1, 0.15) is 0 Å². The molecular formula is C14H8N2O5S. The van der Waals surface area contributed by atoms with Crippen LogP contribution >= 0.6 is 12.2 Å². The molecule has 1 aromatic heterocycles. The molecule has 3 aromatic rings. The number of oxazole rings is 1. The van der Waals surface area contributed by atoms with Gasteiger partial charge in [-0.2, -0.15) is 0 Å². The lowest BCUT2D eigenvalue weighted by Gasteiger charge is -2.06. The molecule has 22 heavy (non-hydrogen) atoms. The predicted molar refractivity (Wildman–Crippen MR) is 82.2 cm³/mol. The number of non-ortho nitro benzene ring substituents is 1. The summed E-state index contributed by atoms with van der Waals surface area (Å²) in [6, 6.07) is 12.5. The van der Waals surface area contributed by atoms with Crippen LogP contribution in [0.2, 0.25) is 0 Å². The standard InChI is InChI=1S/C14H8N2O5S/c17-13-15(14(22)20-10-4-2-1-3-5-10)11-7-6-9(16(18)19)8-12(11)21-13/h1-8H. The molecule has 1 heterocycles. The first-order valence-electron chi connectivity index (χ1n) is 6.13. The van der Waals surface area contributed by atoms with Crippen molar-refractivity contribution in [3.63, 3.8) is 0 Å². The minimum absolute atomic E-state index is 0.0678. The Hall–Kier alpha value is -3.00. The number of fused-ring (bicyclic) bond motifs is 1. The molecule has 0 aliphatic rings. The summed E-state index contributed by atoms with van der Waals surface area (Å²) in [6.07, 6.45) is 0. The zero-order chi connectivity index (χ0) is 15.7. The molecule has 0 N–H and O–H groups in total. The molecule has 0 bridgehead atoms. The first kappa shape index (κ1) is 14.0. The lowest BCUT2D eigenvalue weighted by Crippen LogP contribution is -2.25. The van der Waals surface area contributed by atoms with Crippen molar-refractivity contribution in [2.45, 2.75) is 0 Å². The SMILES string of the molecule is O=c1oc2cc([N+](=O)[O-])ccc2n1C(=S)Oc1ccccc1. The number of nitro groups is 1. The first-order valence-corrected chi connectivity index (χ1v) is 6.54. The summed E-state index contributed by atoms with van der Waals surface area (Å²) >= 11 is 5.10. The van der Waals surface area contributed by atoms with Crippen LogP contribution < -0.4 is 10.5 Å². The van der Waals surface area contributed by atoms with E-state index in [-0.39, 0.29) is 16.4 Å². The summed E-state index contributed by atoms with van der Waals surface area (Å²) < 4.78 is 11.5. The molecule has 0 fully saturated rings. The van der Waals surface area contributed by atoms with E-state index in [0.29, 0.717) is 11.3 Å². The maximum absolute atomic E-state index is 11.9. The van der Waals surface area contributed by atoms with Crippen LogP contribution in [0, 0.1) is 10.1 Å². The summed E-state index contributed by atoms with van der Waals surface area (Å²) in [7, 11) is 0. The smallest absolute Gasteiger partial charge is 0.427 e. The Bertz CT molecular complexity index is 929. The van der Waals surface area contributed by atoms with Gasteiger partial charge >= 0.3 is 5.76 Å². The van der Waals surface area contributed by atoms with E-state index in [1.54, 1.807) is 24.3 Å². The van der Waals surface area contributed by atoms with Crippen molar-refractivity contribution in [3.8, 4) is 5.75 Å². The molecule has 0 unspecified atom stereocenters. The molecule has 0 radical (unpaired) electrons. The van der Waals surface area contributed by atoms with Gasteiger partial charge in [0, 0.05) is 6.07 Å². The van der Waals surface area contributed by atoms with Crippen molar-refractivity contribution in [1.82, 2.24) is 4.57 Å². The number of hydrogen-bond acceptors (Lipinski definition) is 6. The van der Waals surface area contributed by atoms with Gasteiger partial charge in [-0.1, -0.05) is 18.2 Å². The van der Waals surface area contributed by atoms with Crippen molar-refractivity contribution in [1.29, 1.82) is 0 Å². The van der Waals surface area contributed by atoms with Crippen LogP contribution in [0.15, 0.2) is 57.7 Å². The minimum atomic E-state index is -0.767. The second kappa shape index (κ2) is 5.41. The summed E-state index contributed by atoms with van der Waals surface area (Å²) in [5.41, 5.74) is 0.193. The van der Waals surface area contributed by atoms with Gasteiger partial charge in [-0.25, -0.2) is 9.36 Å². The summed E-state index contributed by atoms with van der Waals surface area (Å²) in [6.45, 7) is 0. The third kappa shape index (κ3) is 2.47. The number of nitrogens with zero attached hydrogens (tertiary/aromatic N) is 2. The zero-order valence-electron chi connectivity index (χ0n) is 11.0. The lowest BCUT2D eigenvalue weighted by atomic mass is 10.3. The van der Waals surface area contributed by atoms with Crippen LogP contribution in [0.3, 0.4) is 0 Å². The van der Waals surface area contributed by atoms with Gasteiger partial charge in [0.15, 0.2) is 5.58 Å². The molecule has 8 heteroatoms. The third-order valence-corrected chi connectivity index (χ3v) is 3.17. The predicted octanol–water partition coefficient (Wildman–Crippen LogP) is 2.71. The quantitative estimate of drug-likeness (QED) is 0.410. The highest BCUT2D eigenvalue weighted by atomic mass is 32.1. The number of nitro benzene ring substituents is 1. The van der Waals surface area contributed by atoms with Crippen LogP contribution in [-0.2, 0) is 0 Å². The van der Waals surface area contributed by atoms with Crippen LogP contribution in [-0.4, -0.2) is 14.7 Å². The molecule has 2 aromatic carbocycles. The van der Waals surface area contributed by atoms with E-state index in [1.807, 2.05) is 6.07 Å². The molecule has 0 aliphatic heterocycles. The van der Waals surface area contributed by atoms with Crippen molar-refractivity contribution in [3.05, 3.63) is 69.2 Å². The Balaban J connectivity index is 2.03. The fraction of sp³-hybridized carbons (Fsp3) is 0. The number of aromatic nitrogens is 1. The van der Waals surface area contributed by atoms with Gasteiger partial charge in [-0.3, -0.25) is 10.1 Å². The molecule has 0 spiro atoms. The lowest BCUT2D eigenvalue weighted by molar-refractivity contribution is -0.384. The van der Waals surface area contributed by atoms with Crippen molar-refractivity contribution < 1.29 is 14.1 Å². The molecule has 3 rings (SSSR count). The van der Waals surface area contributed by atoms with Gasteiger partial charge in [-0.05, 0) is 30.4 Å². The first-order chi connectivity index (χ1) is 10.6. The van der Waals surface area contributed by atoms with Crippen molar-refractivity contribution >= 4 is 34.2 Å². The zero-order valence-corrected chi connectivity index (χ0v) is 11.8. The molecule has 0 saturated carbocycles. The molecule has 7 nitrogen and oxygen atoms in total. The molecule has 0 saturated heterocycles. The number of ether oxygens (including phenoxy) is 1. The van der Waals surface area contributed by atoms with E-state index < -0.39 is 10.7 Å². The molecule has 0 atom stereocenters. The number of thiocarbonyl (C=S) groups is 1. The number of benzene rings is 2. The summed E-state index contributed by atoms with van der Waals surface area (Å²) in [4.78, 5) is 22.1. The number of para-hydroxylation sites is 1. The van der Waals surface area contributed by atoms with E-state index in [0.717, 1.165) is 4.57 Å². The normalized spacial score (nSPS) is 10.5. The average molecular weight is 316 g/mol. The van der Waals surface area contributed by atoms with Crippen LogP contribution in [0.4, 0.5) is 5.69 Å². The topological polar surface area (TPSA) is 87.5 Å². The van der Waals surface area contributed by atoms with Gasteiger partial charge in [0.1, 0.15) is 5.75 Å². The van der Waals surface area contributed by atoms with E-state index in [4.69, 9.17) is 21.4 Å². The Kier molecular flexibility index (Phi) is 3.43. The van der Waals surface area contributed by atoms with Gasteiger partial charge in [0.2, 0.25) is 0 Å². The maximum atomic E-state index is 11.9. The second-order valence-electron chi connectivity index (χ2n) is 4.29. The Morgan fingerprint density at radius 3 is 2.64 bits per heavy atom. The van der Waals surface area contributed by atoms with Gasteiger partial charge in [0.05, 0.1) is 16.5 Å². The van der Waals surface area contributed by atoms with Crippen molar-refractivity contribution in [2.24, 2.45) is 0 Å². The summed E-state index contributed by atoms with van der Waals surface area (Å²) in [5.74, 6) is -0.299. The van der Waals surface area contributed by atoms with Gasteiger partial charge in [0.25, 0.3) is 10.9 Å². The fourth-order valence-corrected chi connectivity index (χ4v) is 2.20. The molecule has 0 aliphatic carbocycles. The average Bonchev–Trinajstić information content (AvgIpc) is 2.83. The largest absolute Gasteiger partial charge is 0.431 e. The molecular weight excluding hydrogens is 308 g/mol. The highest BCUT2D eigenvalue weighted by Gasteiger charge is 2.17.